The van der Waals surface area contributed by atoms with Crippen LogP contribution in [0.1, 0.15) is 16.3 Å². The van der Waals surface area contributed by atoms with E-state index in [1.54, 1.807) is 50.2 Å². The summed E-state index contributed by atoms with van der Waals surface area (Å²) >= 11 is 1.08. The number of amidine groups is 1. The van der Waals surface area contributed by atoms with Crippen LogP contribution in [0.15, 0.2) is 68.6 Å². The van der Waals surface area contributed by atoms with Gasteiger partial charge < -0.3 is 10.2 Å². The van der Waals surface area contributed by atoms with Gasteiger partial charge >= 0.3 is 6.03 Å². The molecule has 0 aliphatic carbocycles. The molecule has 190 valence electrons. The number of anilines is 1. The van der Waals surface area contributed by atoms with Gasteiger partial charge in [-0.3, -0.25) is 14.4 Å². The van der Waals surface area contributed by atoms with Gasteiger partial charge in [0.2, 0.25) is 0 Å². The molecule has 0 bridgehead atoms. The van der Waals surface area contributed by atoms with Gasteiger partial charge in [0.05, 0.1) is 23.1 Å². The molecule has 0 radical (unpaired) electrons. The van der Waals surface area contributed by atoms with Crippen molar-refractivity contribution in [2.24, 2.45) is 4.99 Å². The molecule has 12 heteroatoms. The predicted octanol–water partition coefficient (Wildman–Crippen LogP) is 3.27. The highest BCUT2D eigenvalue weighted by Gasteiger charge is 2.20. The van der Waals surface area contributed by atoms with Crippen molar-refractivity contribution in [1.82, 2.24) is 19.2 Å². The number of hydrogen-bond donors (Lipinski definition) is 2. The Morgan fingerprint density at radius 1 is 1.05 bits per heavy atom. The number of carbonyl (C=O) groups is 1. The molecule has 0 atom stereocenters. The maximum Gasteiger partial charge on any atom is 0.333 e. The van der Waals surface area contributed by atoms with Crippen molar-refractivity contribution < 1.29 is 13.2 Å². The Kier molecular flexibility index (Phi) is 6.30. The quantitative estimate of drug-likeness (QED) is 0.403. The van der Waals surface area contributed by atoms with Crippen molar-refractivity contribution in [3.8, 4) is 5.69 Å². The summed E-state index contributed by atoms with van der Waals surface area (Å²) in [5.41, 5.74) is 2.22. The second-order valence-electron chi connectivity index (χ2n) is 8.63. The molecule has 5 rings (SSSR count). The van der Waals surface area contributed by atoms with E-state index in [-0.39, 0.29) is 9.77 Å². The SMILES string of the molecule is Cc1ccc(S(=O)(=O)NC(=O)Nc2ccc(-n3c(C)nc4cc(C5=NCCN5C)ccc4c3=O)cc2)s1. The van der Waals surface area contributed by atoms with Crippen LogP contribution >= 0.6 is 11.3 Å². The Bertz CT molecular complexity index is 1720. The second-order valence-corrected chi connectivity index (χ2v) is 11.8. The van der Waals surface area contributed by atoms with Gasteiger partial charge in [-0.25, -0.2) is 22.9 Å². The summed E-state index contributed by atoms with van der Waals surface area (Å²) in [6.45, 7) is 5.14. The molecule has 2 aromatic carbocycles. The number of nitrogens with zero attached hydrogens (tertiary/aromatic N) is 4. The number of aromatic nitrogens is 2. The molecule has 37 heavy (non-hydrogen) atoms. The fraction of sp³-hybridized carbons (Fsp3) is 0.200. The normalized spacial score (nSPS) is 13.6. The van der Waals surface area contributed by atoms with E-state index in [0.29, 0.717) is 28.1 Å². The van der Waals surface area contributed by atoms with E-state index in [1.807, 2.05) is 23.9 Å². The van der Waals surface area contributed by atoms with E-state index in [4.69, 9.17) is 0 Å². The largest absolute Gasteiger partial charge is 0.358 e. The lowest BCUT2D eigenvalue weighted by Gasteiger charge is -2.15. The highest BCUT2D eigenvalue weighted by Crippen LogP contribution is 2.21. The standard InChI is InChI=1S/C25H24N6O4S2/c1-15-4-11-22(36-15)37(34,35)29-25(33)28-18-6-8-19(9-7-18)31-16(2)27-21-14-17(5-10-20(21)24(31)32)23-26-12-13-30(23)3/h4-11,14H,12-13H2,1-3H3,(H2,28,29,33). The lowest BCUT2D eigenvalue weighted by molar-refractivity contribution is 0.256. The van der Waals surface area contributed by atoms with Crippen LogP contribution in [0.4, 0.5) is 10.5 Å². The lowest BCUT2D eigenvalue weighted by Crippen LogP contribution is -2.33. The molecule has 0 spiro atoms. The number of carbonyl (C=O) groups excluding carboxylic acids is 1. The molecular weight excluding hydrogens is 512 g/mol. The van der Waals surface area contributed by atoms with E-state index >= 15 is 0 Å². The first-order valence-electron chi connectivity index (χ1n) is 11.4. The summed E-state index contributed by atoms with van der Waals surface area (Å²) < 4.78 is 28.3. The molecule has 1 aliphatic heterocycles. The van der Waals surface area contributed by atoms with Crippen LogP contribution in [0, 0.1) is 13.8 Å². The van der Waals surface area contributed by atoms with Gasteiger partial charge in [0.25, 0.3) is 15.6 Å². The first-order chi connectivity index (χ1) is 17.6. The van der Waals surface area contributed by atoms with Gasteiger partial charge in [0, 0.05) is 29.7 Å². The predicted molar refractivity (Wildman–Crippen MR) is 145 cm³/mol. The molecular formula is C25H24N6O4S2. The van der Waals surface area contributed by atoms with Gasteiger partial charge in [-0.05, 0) is 62.4 Å². The highest BCUT2D eigenvalue weighted by molar-refractivity contribution is 7.92. The van der Waals surface area contributed by atoms with Crippen LogP contribution in [-0.2, 0) is 10.0 Å². The van der Waals surface area contributed by atoms with Crippen molar-refractivity contribution in [2.45, 2.75) is 18.1 Å². The Balaban J connectivity index is 1.37. The molecule has 1 aliphatic rings. The summed E-state index contributed by atoms with van der Waals surface area (Å²) in [6, 6.07) is 14.3. The average molecular weight is 537 g/mol. The minimum Gasteiger partial charge on any atom is -0.358 e. The van der Waals surface area contributed by atoms with Crippen LogP contribution in [0.3, 0.4) is 0 Å². The third-order valence-corrected chi connectivity index (χ3v) is 8.77. The van der Waals surface area contributed by atoms with Crippen LogP contribution < -0.4 is 15.6 Å². The second kappa shape index (κ2) is 9.45. The maximum absolute atomic E-state index is 13.3. The number of aliphatic imine (C=N–C) groups is 1. The number of nitrogens with one attached hydrogen (secondary N) is 2. The van der Waals surface area contributed by atoms with E-state index in [2.05, 4.69) is 20.2 Å². The Morgan fingerprint density at radius 2 is 1.81 bits per heavy atom. The van der Waals surface area contributed by atoms with Crippen LogP contribution in [0.2, 0.25) is 0 Å². The molecule has 3 heterocycles. The number of aryl methyl sites for hydroxylation is 2. The third-order valence-electron chi connectivity index (χ3n) is 5.94. The number of fused-ring (bicyclic) bond motifs is 1. The molecule has 0 unspecified atom stereocenters. The average Bonchev–Trinajstić information content (AvgIpc) is 3.48. The summed E-state index contributed by atoms with van der Waals surface area (Å²) in [6.07, 6.45) is 0. The van der Waals surface area contributed by atoms with Gasteiger partial charge in [0.1, 0.15) is 15.9 Å². The highest BCUT2D eigenvalue weighted by atomic mass is 32.2. The number of sulfonamides is 1. The number of likely N-dealkylation sites (N-methyl/N-ethyl adjacent to an activating group) is 1. The van der Waals surface area contributed by atoms with E-state index in [9.17, 15) is 18.0 Å². The fourth-order valence-corrected chi connectivity index (χ4v) is 6.35. The lowest BCUT2D eigenvalue weighted by atomic mass is 10.1. The first-order valence-corrected chi connectivity index (χ1v) is 13.7. The molecule has 4 aromatic rings. The van der Waals surface area contributed by atoms with Crippen LogP contribution in [0.5, 0.6) is 0 Å². The number of amides is 2. The molecule has 10 nitrogen and oxygen atoms in total. The minimum atomic E-state index is -3.96. The van der Waals surface area contributed by atoms with E-state index in [1.165, 1.54) is 10.6 Å². The zero-order valence-corrected chi connectivity index (χ0v) is 22.0. The number of hydrogen-bond acceptors (Lipinski definition) is 8. The van der Waals surface area contributed by atoms with Crippen LogP contribution in [-0.4, -0.2) is 54.9 Å². The summed E-state index contributed by atoms with van der Waals surface area (Å²) in [7, 11) is -1.98. The number of benzene rings is 2. The molecule has 2 N–H and O–H groups in total. The van der Waals surface area contributed by atoms with E-state index < -0.39 is 16.1 Å². The van der Waals surface area contributed by atoms with Gasteiger partial charge in [0.15, 0.2) is 0 Å². The molecule has 0 saturated carbocycles. The number of rotatable bonds is 5. The smallest absolute Gasteiger partial charge is 0.333 e. The van der Waals surface area contributed by atoms with Crippen molar-refractivity contribution in [1.29, 1.82) is 0 Å². The zero-order chi connectivity index (χ0) is 26.3. The first kappa shape index (κ1) is 24.7. The van der Waals surface area contributed by atoms with Gasteiger partial charge in [-0.1, -0.05) is 6.07 Å². The molecule has 0 fully saturated rings. The molecule has 2 aromatic heterocycles. The number of thiophene rings is 1. The third kappa shape index (κ3) is 4.85. The molecule has 2 amide bonds. The van der Waals surface area contributed by atoms with Crippen LogP contribution in [0.25, 0.3) is 16.6 Å². The van der Waals surface area contributed by atoms with Gasteiger partial charge in [-0.15, -0.1) is 11.3 Å². The number of urea groups is 1. The Labute approximate surface area is 217 Å². The van der Waals surface area contributed by atoms with Crippen molar-refractivity contribution in [3.05, 3.63) is 81.2 Å². The van der Waals surface area contributed by atoms with Crippen molar-refractivity contribution in [3.63, 3.8) is 0 Å². The van der Waals surface area contributed by atoms with E-state index in [0.717, 1.165) is 40.7 Å². The fourth-order valence-electron chi connectivity index (χ4n) is 4.16. The Hall–Kier alpha value is -4.03. The van der Waals surface area contributed by atoms with Crippen molar-refractivity contribution in [2.75, 3.05) is 25.5 Å². The summed E-state index contributed by atoms with van der Waals surface area (Å²) in [4.78, 5) is 37.7. The zero-order valence-electron chi connectivity index (χ0n) is 20.3. The monoisotopic (exact) mass is 536 g/mol. The molecule has 0 saturated heterocycles. The summed E-state index contributed by atoms with van der Waals surface area (Å²) in [5, 5.41) is 2.98. The maximum atomic E-state index is 13.3. The topological polar surface area (TPSA) is 126 Å². The van der Waals surface area contributed by atoms with Crippen molar-refractivity contribution >= 4 is 49.8 Å². The Morgan fingerprint density at radius 3 is 2.46 bits per heavy atom. The summed E-state index contributed by atoms with van der Waals surface area (Å²) in [5.74, 6) is 1.39. The van der Waals surface area contributed by atoms with Gasteiger partial charge in [-0.2, -0.15) is 0 Å². The minimum absolute atomic E-state index is 0.0597.